The summed E-state index contributed by atoms with van der Waals surface area (Å²) in [4.78, 5) is 15.2. The molecule has 0 aliphatic carbocycles. The predicted molar refractivity (Wildman–Crippen MR) is 96.5 cm³/mol. The SMILES string of the molecule is CCc1ccc(C2CNCCN2C(=O)c2n[nH]c3c2CNCC3)cc1. The average Bonchev–Trinajstić information content (AvgIpc) is 3.12. The van der Waals surface area contributed by atoms with Crippen LogP contribution >= 0.6 is 0 Å². The fraction of sp³-hybridized carbons (Fsp3) is 0.474. The van der Waals surface area contributed by atoms with Crippen LogP contribution in [0.3, 0.4) is 0 Å². The van der Waals surface area contributed by atoms with Gasteiger partial charge in [-0.1, -0.05) is 31.2 Å². The fourth-order valence-corrected chi connectivity index (χ4v) is 3.76. The van der Waals surface area contributed by atoms with E-state index in [1.165, 1.54) is 11.1 Å². The van der Waals surface area contributed by atoms with E-state index in [-0.39, 0.29) is 11.9 Å². The first-order chi connectivity index (χ1) is 12.3. The van der Waals surface area contributed by atoms with Crippen LogP contribution in [0.5, 0.6) is 0 Å². The second-order valence-electron chi connectivity index (χ2n) is 6.77. The van der Waals surface area contributed by atoms with Crippen molar-refractivity contribution < 1.29 is 4.79 Å². The molecule has 1 aromatic carbocycles. The second-order valence-corrected chi connectivity index (χ2v) is 6.77. The zero-order valence-electron chi connectivity index (χ0n) is 14.6. The molecular weight excluding hydrogens is 314 g/mol. The number of rotatable bonds is 3. The second kappa shape index (κ2) is 6.98. The smallest absolute Gasteiger partial charge is 0.275 e. The lowest BCUT2D eigenvalue weighted by molar-refractivity contribution is 0.0627. The number of nitrogens with zero attached hydrogens (tertiary/aromatic N) is 2. The Morgan fingerprint density at radius 2 is 2.08 bits per heavy atom. The third kappa shape index (κ3) is 3.07. The number of aromatic nitrogens is 2. The standard InChI is InChI=1S/C19H25N5O/c1-2-13-3-5-14(6-4-13)17-12-21-9-10-24(17)19(25)18-15-11-20-8-7-16(15)22-23-18/h3-6,17,20-21H,2,7-12H2,1H3,(H,22,23). The van der Waals surface area contributed by atoms with Crippen LogP contribution in [0.4, 0.5) is 0 Å². The van der Waals surface area contributed by atoms with Gasteiger partial charge in [0.15, 0.2) is 5.69 Å². The monoisotopic (exact) mass is 339 g/mol. The summed E-state index contributed by atoms with van der Waals surface area (Å²) in [6, 6.07) is 8.67. The molecule has 2 aliphatic rings. The summed E-state index contributed by atoms with van der Waals surface area (Å²) in [7, 11) is 0. The predicted octanol–water partition coefficient (Wildman–Crippen LogP) is 1.40. The zero-order valence-corrected chi connectivity index (χ0v) is 14.6. The number of amides is 1. The van der Waals surface area contributed by atoms with Crippen molar-refractivity contribution >= 4 is 5.91 Å². The van der Waals surface area contributed by atoms with Gasteiger partial charge in [-0.05, 0) is 17.5 Å². The molecule has 0 saturated carbocycles. The highest BCUT2D eigenvalue weighted by Crippen LogP contribution is 2.26. The van der Waals surface area contributed by atoms with E-state index < -0.39 is 0 Å². The van der Waals surface area contributed by atoms with Gasteiger partial charge in [0.05, 0.1) is 6.04 Å². The van der Waals surface area contributed by atoms with Crippen LogP contribution in [-0.2, 0) is 19.4 Å². The molecule has 2 aromatic rings. The molecule has 3 heterocycles. The largest absolute Gasteiger partial charge is 0.328 e. The topological polar surface area (TPSA) is 73.0 Å². The van der Waals surface area contributed by atoms with Crippen molar-refractivity contribution in [3.63, 3.8) is 0 Å². The maximum absolute atomic E-state index is 13.2. The van der Waals surface area contributed by atoms with E-state index in [9.17, 15) is 4.79 Å². The summed E-state index contributed by atoms with van der Waals surface area (Å²) in [5.74, 6) is 0.0345. The molecule has 132 valence electrons. The van der Waals surface area contributed by atoms with E-state index in [1.54, 1.807) is 0 Å². The maximum atomic E-state index is 13.2. The number of aromatic amines is 1. The lowest BCUT2D eigenvalue weighted by Gasteiger charge is -2.36. The van der Waals surface area contributed by atoms with Crippen LogP contribution in [0.15, 0.2) is 24.3 Å². The lowest BCUT2D eigenvalue weighted by atomic mass is 9.99. The van der Waals surface area contributed by atoms with Crippen LogP contribution in [-0.4, -0.2) is 47.2 Å². The molecule has 1 unspecified atom stereocenters. The fourth-order valence-electron chi connectivity index (χ4n) is 3.76. The third-order valence-electron chi connectivity index (χ3n) is 5.29. The van der Waals surface area contributed by atoms with Crippen molar-refractivity contribution in [3.8, 4) is 0 Å². The summed E-state index contributed by atoms with van der Waals surface area (Å²) in [5.41, 5.74) is 5.22. The molecule has 1 atom stereocenters. The molecule has 3 N–H and O–H groups in total. The number of hydrogen-bond donors (Lipinski definition) is 3. The van der Waals surface area contributed by atoms with Crippen molar-refractivity contribution in [2.75, 3.05) is 26.2 Å². The van der Waals surface area contributed by atoms with Gasteiger partial charge in [0, 0.05) is 50.4 Å². The van der Waals surface area contributed by atoms with Crippen molar-refractivity contribution in [1.29, 1.82) is 0 Å². The van der Waals surface area contributed by atoms with Gasteiger partial charge < -0.3 is 15.5 Å². The molecule has 0 bridgehead atoms. The van der Waals surface area contributed by atoms with Gasteiger partial charge in [-0.15, -0.1) is 0 Å². The quantitative estimate of drug-likeness (QED) is 0.790. The van der Waals surface area contributed by atoms with Crippen LogP contribution in [0.1, 0.15) is 45.8 Å². The molecule has 1 fully saturated rings. The minimum absolute atomic E-state index is 0.0345. The summed E-state index contributed by atoms with van der Waals surface area (Å²) in [6.07, 6.45) is 1.93. The van der Waals surface area contributed by atoms with Crippen LogP contribution in [0, 0.1) is 0 Å². The first-order valence-electron chi connectivity index (χ1n) is 9.15. The first kappa shape index (κ1) is 16.3. The molecule has 6 heteroatoms. The van der Waals surface area contributed by atoms with Gasteiger partial charge in [0.25, 0.3) is 5.91 Å². The molecule has 0 spiro atoms. The van der Waals surface area contributed by atoms with Crippen molar-refractivity contribution in [3.05, 3.63) is 52.3 Å². The molecule has 6 nitrogen and oxygen atoms in total. The van der Waals surface area contributed by atoms with Gasteiger partial charge in [0.2, 0.25) is 0 Å². The summed E-state index contributed by atoms with van der Waals surface area (Å²) < 4.78 is 0. The number of carbonyl (C=O) groups is 1. The highest BCUT2D eigenvalue weighted by molar-refractivity contribution is 5.94. The number of aryl methyl sites for hydroxylation is 1. The van der Waals surface area contributed by atoms with E-state index in [1.807, 2.05) is 4.90 Å². The molecule has 0 radical (unpaired) electrons. The van der Waals surface area contributed by atoms with Gasteiger partial charge in [-0.25, -0.2) is 0 Å². The number of carbonyl (C=O) groups excluding carboxylic acids is 1. The van der Waals surface area contributed by atoms with Gasteiger partial charge in [0.1, 0.15) is 0 Å². The Bertz CT molecular complexity index is 752. The average molecular weight is 339 g/mol. The minimum atomic E-state index is 0.0345. The Morgan fingerprint density at radius 3 is 2.88 bits per heavy atom. The van der Waals surface area contributed by atoms with E-state index in [4.69, 9.17) is 0 Å². The minimum Gasteiger partial charge on any atom is -0.328 e. The number of benzene rings is 1. The van der Waals surface area contributed by atoms with Crippen LogP contribution in [0.2, 0.25) is 0 Å². The number of fused-ring (bicyclic) bond motifs is 1. The lowest BCUT2D eigenvalue weighted by Crippen LogP contribution is -2.49. The third-order valence-corrected chi connectivity index (χ3v) is 5.29. The molecule has 2 aliphatic heterocycles. The van der Waals surface area contributed by atoms with E-state index in [0.717, 1.165) is 50.3 Å². The normalized spacial score (nSPS) is 20.4. The van der Waals surface area contributed by atoms with Crippen LogP contribution < -0.4 is 10.6 Å². The van der Waals surface area contributed by atoms with Gasteiger partial charge in [-0.3, -0.25) is 9.89 Å². The van der Waals surface area contributed by atoms with Gasteiger partial charge in [-0.2, -0.15) is 5.10 Å². The highest BCUT2D eigenvalue weighted by Gasteiger charge is 2.32. The summed E-state index contributed by atoms with van der Waals surface area (Å²) in [5, 5.41) is 14.2. The summed E-state index contributed by atoms with van der Waals surface area (Å²) in [6.45, 7) is 6.11. The van der Waals surface area contributed by atoms with Gasteiger partial charge >= 0.3 is 0 Å². The molecule has 25 heavy (non-hydrogen) atoms. The Balaban J connectivity index is 1.62. The van der Waals surface area contributed by atoms with Crippen molar-refractivity contribution in [2.24, 2.45) is 0 Å². The number of hydrogen-bond acceptors (Lipinski definition) is 4. The van der Waals surface area contributed by atoms with Crippen LogP contribution in [0.25, 0.3) is 0 Å². The Hall–Kier alpha value is -2.18. The van der Waals surface area contributed by atoms with E-state index in [0.29, 0.717) is 12.2 Å². The Kier molecular flexibility index (Phi) is 4.55. The number of nitrogens with one attached hydrogen (secondary N) is 3. The number of piperazine rings is 1. The Labute approximate surface area is 148 Å². The number of H-pyrrole nitrogens is 1. The van der Waals surface area contributed by atoms with Crippen molar-refractivity contribution in [2.45, 2.75) is 32.4 Å². The van der Waals surface area contributed by atoms with E-state index in [2.05, 4.69) is 52.0 Å². The molecule has 4 rings (SSSR count). The van der Waals surface area contributed by atoms with Crippen molar-refractivity contribution in [1.82, 2.24) is 25.7 Å². The highest BCUT2D eigenvalue weighted by atomic mass is 16.2. The van der Waals surface area contributed by atoms with E-state index >= 15 is 0 Å². The molecular formula is C19H25N5O. The molecule has 1 aromatic heterocycles. The summed E-state index contributed by atoms with van der Waals surface area (Å²) >= 11 is 0. The zero-order chi connectivity index (χ0) is 17.2. The first-order valence-corrected chi connectivity index (χ1v) is 9.15. The molecule has 1 saturated heterocycles. The Morgan fingerprint density at radius 1 is 1.24 bits per heavy atom. The molecule has 1 amide bonds. The maximum Gasteiger partial charge on any atom is 0.275 e.